The maximum atomic E-state index is 13.0. The lowest BCUT2D eigenvalue weighted by molar-refractivity contribution is 0.0786. The zero-order valence-electron chi connectivity index (χ0n) is 17.1. The molecule has 1 aliphatic heterocycles. The number of methoxy groups -OCH3 is 2. The summed E-state index contributed by atoms with van der Waals surface area (Å²) in [6.07, 6.45) is 3.61. The van der Waals surface area contributed by atoms with E-state index in [2.05, 4.69) is 16.5 Å². The third kappa shape index (κ3) is 3.77. The highest BCUT2D eigenvalue weighted by molar-refractivity contribution is 5.95. The van der Waals surface area contributed by atoms with Gasteiger partial charge in [0.25, 0.3) is 5.91 Å². The lowest BCUT2D eigenvalue weighted by Gasteiger charge is -2.18. The number of pyridine rings is 1. The van der Waals surface area contributed by atoms with Gasteiger partial charge in [-0.25, -0.2) is 9.97 Å². The van der Waals surface area contributed by atoms with Gasteiger partial charge in [-0.05, 0) is 43.5 Å². The number of aromatic nitrogens is 3. The zero-order valence-corrected chi connectivity index (χ0v) is 17.1. The quantitative estimate of drug-likeness (QED) is 0.642. The molecule has 1 fully saturated rings. The first kappa shape index (κ1) is 19.2. The summed E-state index contributed by atoms with van der Waals surface area (Å²) in [7, 11) is 3.17. The van der Waals surface area contributed by atoms with E-state index in [0.717, 1.165) is 49.5 Å². The van der Waals surface area contributed by atoms with E-state index in [1.54, 1.807) is 38.6 Å². The molecule has 1 amide bonds. The lowest BCUT2D eigenvalue weighted by atomic mass is 10.0. The van der Waals surface area contributed by atoms with Gasteiger partial charge in [-0.3, -0.25) is 4.79 Å². The zero-order chi connectivity index (χ0) is 20.4. The molecule has 152 valence electrons. The van der Waals surface area contributed by atoms with Crippen molar-refractivity contribution in [2.24, 2.45) is 5.92 Å². The first-order chi connectivity index (χ1) is 14.1. The molecule has 0 spiro atoms. The first-order valence-corrected chi connectivity index (χ1v) is 9.95. The van der Waals surface area contributed by atoms with Crippen LogP contribution in [0.25, 0.3) is 11.2 Å². The molecule has 1 atom stereocenters. The number of aryl methyl sites for hydroxylation is 1. The van der Waals surface area contributed by atoms with E-state index in [4.69, 9.17) is 14.5 Å². The van der Waals surface area contributed by atoms with Crippen molar-refractivity contribution < 1.29 is 14.3 Å². The molecule has 7 heteroatoms. The number of ether oxygens (including phenoxy) is 2. The molecule has 0 N–H and O–H groups in total. The van der Waals surface area contributed by atoms with Crippen LogP contribution < -0.4 is 9.47 Å². The van der Waals surface area contributed by atoms with Crippen molar-refractivity contribution >= 4 is 17.1 Å². The fourth-order valence-electron chi connectivity index (χ4n) is 4.05. The summed E-state index contributed by atoms with van der Waals surface area (Å²) in [5.41, 5.74) is 2.45. The second kappa shape index (κ2) is 8.11. The summed E-state index contributed by atoms with van der Waals surface area (Å²) in [5.74, 6) is 2.67. The molecule has 0 bridgehead atoms. The summed E-state index contributed by atoms with van der Waals surface area (Å²) >= 11 is 0. The fourth-order valence-corrected chi connectivity index (χ4v) is 4.05. The summed E-state index contributed by atoms with van der Waals surface area (Å²) < 4.78 is 12.8. The van der Waals surface area contributed by atoms with Crippen LogP contribution in [0.15, 0.2) is 36.5 Å². The molecule has 2 aromatic heterocycles. The summed E-state index contributed by atoms with van der Waals surface area (Å²) in [5, 5.41) is 0. The van der Waals surface area contributed by atoms with Crippen LogP contribution in [0, 0.1) is 5.92 Å². The molecule has 3 aromatic rings. The third-order valence-electron chi connectivity index (χ3n) is 5.54. The number of carbonyl (C=O) groups excluding carboxylic acids is 1. The van der Waals surface area contributed by atoms with E-state index < -0.39 is 0 Å². The molecule has 7 nitrogen and oxygen atoms in total. The minimum absolute atomic E-state index is 0.00959. The van der Waals surface area contributed by atoms with Crippen molar-refractivity contribution in [1.82, 2.24) is 19.4 Å². The minimum atomic E-state index is 0.00959. The highest BCUT2D eigenvalue weighted by atomic mass is 16.5. The molecular formula is C22H26N4O3. The first-order valence-electron chi connectivity index (χ1n) is 9.95. The van der Waals surface area contributed by atoms with Gasteiger partial charge in [0.2, 0.25) is 0 Å². The van der Waals surface area contributed by atoms with Crippen LogP contribution in [0.5, 0.6) is 11.5 Å². The predicted molar refractivity (Wildman–Crippen MR) is 110 cm³/mol. The largest absolute Gasteiger partial charge is 0.497 e. The maximum Gasteiger partial charge on any atom is 0.254 e. The molecule has 3 heterocycles. The van der Waals surface area contributed by atoms with Crippen LogP contribution in [0.2, 0.25) is 0 Å². The van der Waals surface area contributed by atoms with Gasteiger partial charge in [0, 0.05) is 43.9 Å². The van der Waals surface area contributed by atoms with Crippen LogP contribution in [0.4, 0.5) is 0 Å². The summed E-state index contributed by atoms with van der Waals surface area (Å²) in [6.45, 7) is 4.41. The number of likely N-dealkylation sites (tertiary alicyclic amines) is 1. The van der Waals surface area contributed by atoms with Crippen LogP contribution >= 0.6 is 0 Å². The highest BCUT2D eigenvalue weighted by Gasteiger charge is 2.29. The number of amides is 1. The summed E-state index contributed by atoms with van der Waals surface area (Å²) in [6, 6.07) is 9.21. The number of rotatable bonds is 6. The molecular weight excluding hydrogens is 368 g/mol. The number of hydrogen-bond donors (Lipinski definition) is 0. The number of nitrogens with zero attached hydrogens (tertiary/aromatic N) is 4. The van der Waals surface area contributed by atoms with E-state index >= 15 is 0 Å². The molecule has 1 aliphatic rings. The standard InChI is InChI=1S/C22H26N4O3/c1-4-26-20(24-19-6-5-8-23-21(19)26)10-15-7-9-25(14-15)22(27)16-11-17(28-2)13-18(12-16)29-3/h5-6,8,11-13,15H,4,7,9-10,14H2,1-3H3/t15-/m1/s1. The monoisotopic (exact) mass is 394 g/mol. The van der Waals surface area contributed by atoms with E-state index in [-0.39, 0.29) is 5.91 Å². The van der Waals surface area contributed by atoms with Crippen LogP contribution in [0.3, 0.4) is 0 Å². The second-order valence-corrected chi connectivity index (χ2v) is 7.33. The number of benzene rings is 1. The predicted octanol–water partition coefficient (Wildman–Crippen LogP) is 3.17. The Labute approximate surface area is 170 Å². The molecule has 0 radical (unpaired) electrons. The van der Waals surface area contributed by atoms with Crippen molar-refractivity contribution in [2.75, 3.05) is 27.3 Å². The Kier molecular flexibility index (Phi) is 5.38. The highest BCUT2D eigenvalue weighted by Crippen LogP contribution is 2.27. The molecule has 0 aliphatic carbocycles. The average Bonchev–Trinajstić information content (AvgIpc) is 3.36. The summed E-state index contributed by atoms with van der Waals surface area (Å²) in [4.78, 5) is 24.2. The SMILES string of the molecule is CCn1c(C[C@H]2CCN(C(=O)c3cc(OC)cc(OC)c3)C2)nc2cccnc21. The van der Waals surface area contributed by atoms with Gasteiger partial charge >= 0.3 is 0 Å². The van der Waals surface area contributed by atoms with Crippen molar-refractivity contribution in [3.63, 3.8) is 0 Å². The van der Waals surface area contributed by atoms with Gasteiger partial charge in [-0.2, -0.15) is 0 Å². The number of fused-ring (bicyclic) bond motifs is 1. The van der Waals surface area contributed by atoms with Crippen LogP contribution in [-0.2, 0) is 13.0 Å². The van der Waals surface area contributed by atoms with Crippen molar-refractivity contribution in [3.8, 4) is 11.5 Å². The Morgan fingerprint density at radius 2 is 1.97 bits per heavy atom. The van der Waals surface area contributed by atoms with Gasteiger partial charge in [0.1, 0.15) is 22.8 Å². The van der Waals surface area contributed by atoms with Crippen LogP contribution in [-0.4, -0.2) is 52.7 Å². The molecule has 29 heavy (non-hydrogen) atoms. The number of carbonyl (C=O) groups is 1. The van der Waals surface area contributed by atoms with E-state index in [1.165, 1.54) is 0 Å². The van der Waals surface area contributed by atoms with E-state index in [1.807, 2.05) is 17.0 Å². The normalized spacial score (nSPS) is 16.4. The van der Waals surface area contributed by atoms with Crippen molar-refractivity contribution in [1.29, 1.82) is 0 Å². The Bertz CT molecular complexity index is 1010. The number of hydrogen-bond acceptors (Lipinski definition) is 5. The van der Waals surface area contributed by atoms with E-state index in [0.29, 0.717) is 23.0 Å². The van der Waals surface area contributed by atoms with Crippen molar-refractivity contribution in [3.05, 3.63) is 47.9 Å². The van der Waals surface area contributed by atoms with Gasteiger partial charge in [0.05, 0.1) is 14.2 Å². The molecule has 1 aromatic carbocycles. The van der Waals surface area contributed by atoms with Gasteiger partial charge in [-0.15, -0.1) is 0 Å². The fraction of sp³-hybridized carbons (Fsp3) is 0.409. The lowest BCUT2D eigenvalue weighted by Crippen LogP contribution is -2.29. The maximum absolute atomic E-state index is 13.0. The Morgan fingerprint density at radius 3 is 2.66 bits per heavy atom. The third-order valence-corrected chi connectivity index (χ3v) is 5.54. The second-order valence-electron chi connectivity index (χ2n) is 7.33. The average molecular weight is 394 g/mol. The molecule has 0 unspecified atom stereocenters. The van der Waals surface area contributed by atoms with Crippen LogP contribution in [0.1, 0.15) is 29.5 Å². The van der Waals surface area contributed by atoms with Crippen molar-refractivity contribution in [2.45, 2.75) is 26.3 Å². The van der Waals surface area contributed by atoms with Gasteiger partial charge in [-0.1, -0.05) is 0 Å². The molecule has 4 rings (SSSR count). The topological polar surface area (TPSA) is 69.5 Å². The van der Waals surface area contributed by atoms with Gasteiger partial charge < -0.3 is 18.9 Å². The molecule has 1 saturated heterocycles. The van der Waals surface area contributed by atoms with Gasteiger partial charge in [0.15, 0.2) is 5.65 Å². The van der Waals surface area contributed by atoms with E-state index in [9.17, 15) is 4.79 Å². The number of imidazole rings is 1. The Balaban J connectivity index is 1.49. The minimum Gasteiger partial charge on any atom is -0.497 e. The smallest absolute Gasteiger partial charge is 0.254 e. The Morgan fingerprint density at radius 1 is 1.21 bits per heavy atom. The Hall–Kier alpha value is -3.09. The molecule has 0 saturated carbocycles.